The summed E-state index contributed by atoms with van der Waals surface area (Å²) in [5.41, 5.74) is 0. The van der Waals surface area contributed by atoms with E-state index in [1.165, 1.54) is 0 Å². The predicted octanol–water partition coefficient (Wildman–Crippen LogP) is 6.63. The predicted molar refractivity (Wildman–Crippen MR) is 105 cm³/mol. The topological polar surface area (TPSA) is 37.3 Å². The average Bonchev–Trinajstić information content (AvgIpc) is 2.57. The van der Waals surface area contributed by atoms with E-state index in [2.05, 4.69) is 67.7 Å². The highest BCUT2D eigenvalue weighted by molar-refractivity contribution is 5.69. The highest BCUT2D eigenvalue weighted by Crippen LogP contribution is 2.11. The van der Waals surface area contributed by atoms with Gasteiger partial charge in [0, 0.05) is 0 Å². The summed E-state index contributed by atoms with van der Waals surface area (Å²) in [7, 11) is 0. The van der Waals surface area contributed by atoms with Gasteiger partial charge in [-0.1, -0.05) is 74.6 Å². The molecule has 0 aromatic carbocycles. The number of rotatable bonds is 14. The van der Waals surface area contributed by atoms with Crippen LogP contribution in [0.25, 0.3) is 0 Å². The van der Waals surface area contributed by atoms with Crippen LogP contribution in [0.1, 0.15) is 65.2 Å². The Bertz CT molecular complexity index is 439. The van der Waals surface area contributed by atoms with Crippen LogP contribution >= 0.6 is 0 Å². The van der Waals surface area contributed by atoms with Gasteiger partial charge in [0.1, 0.15) is 0 Å². The smallest absolute Gasteiger partial charge is 0.306 e. The van der Waals surface area contributed by atoms with Crippen molar-refractivity contribution in [2.24, 2.45) is 5.92 Å². The summed E-state index contributed by atoms with van der Waals surface area (Å²) in [6.45, 7) is 4.07. The Labute approximate surface area is 148 Å². The van der Waals surface area contributed by atoms with Crippen molar-refractivity contribution < 1.29 is 9.90 Å². The zero-order valence-electron chi connectivity index (χ0n) is 15.4. The van der Waals surface area contributed by atoms with Gasteiger partial charge in [-0.15, -0.1) is 0 Å². The van der Waals surface area contributed by atoms with Crippen molar-refractivity contribution in [1.29, 1.82) is 0 Å². The summed E-state index contributed by atoms with van der Waals surface area (Å²) in [5, 5.41) is 8.95. The molecule has 24 heavy (non-hydrogen) atoms. The SMILES string of the molecule is CC/C=C\C/C=C\C/C=C\C/C=C\C/C=C\CC[C@H](CC)C(=O)O. The quantitative estimate of drug-likeness (QED) is 0.363. The maximum atomic E-state index is 10.9. The van der Waals surface area contributed by atoms with Gasteiger partial charge in [-0.3, -0.25) is 4.79 Å². The Hall–Kier alpha value is -1.83. The van der Waals surface area contributed by atoms with Crippen molar-refractivity contribution in [3.8, 4) is 0 Å². The fourth-order valence-electron chi connectivity index (χ4n) is 2.17. The van der Waals surface area contributed by atoms with Gasteiger partial charge < -0.3 is 5.11 Å². The molecule has 0 aromatic rings. The van der Waals surface area contributed by atoms with E-state index in [0.29, 0.717) is 6.42 Å². The van der Waals surface area contributed by atoms with Crippen LogP contribution in [-0.4, -0.2) is 11.1 Å². The lowest BCUT2D eigenvalue weighted by Gasteiger charge is -2.06. The molecule has 0 aromatic heterocycles. The van der Waals surface area contributed by atoms with E-state index in [-0.39, 0.29) is 5.92 Å². The molecule has 0 heterocycles. The zero-order chi connectivity index (χ0) is 17.9. The summed E-state index contributed by atoms with van der Waals surface area (Å²) in [6.07, 6.45) is 29.0. The highest BCUT2D eigenvalue weighted by Gasteiger charge is 2.12. The number of aliphatic carboxylic acids is 1. The van der Waals surface area contributed by atoms with Gasteiger partial charge in [0.15, 0.2) is 0 Å². The largest absolute Gasteiger partial charge is 0.481 e. The third-order valence-corrected chi connectivity index (χ3v) is 3.68. The van der Waals surface area contributed by atoms with Crippen LogP contribution in [0.5, 0.6) is 0 Å². The first kappa shape index (κ1) is 22.2. The molecule has 134 valence electrons. The van der Waals surface area contributed by atoms with Gasteiger partial charge in [-0.25, -0.2) is 0 Å². The summed E-state index contributed by atoms with van der Waals surface area (Å²) < 4.78 is 0. The molecule has 1 atom stereocenters. The molecule has 2 nitrogen and oxygen atoms in total. The van der Waals surface area contributed by atoms with Gasteiger partial charge in [-0.2, -0.15) is 0 Å². The molecule has 0 aliphatic heterocycles. The molecule has 0 saturated carbocycles. The molecule has 2 heteroatoms. The molecular weight excluding hydrogens is 296 g/mol. The molecular formula is C22H34O2. The summed E-state index contributed by atoms with van der Waals surface area (Å²) in [5.74, 6) is -0.878. The van der Waals surface area contributed by atoms with Crippen molar-refractivity contribution >= 4 is 5.97 Å². The maximum Gasteiger partial charge on any atom is 0.306 e. The van der Waals surface area contributed by atoms with E-state index < -0.39 is 5.97 Å². The normalized spacial score (nSPS) is 14.1. The van der Waals surface area contributed by atoms with Gasteiger partial charge in [-0.05, 0) is 51.4 Å². The minimum Gasteiger partial charge on any atom is -0.481 e. The van der Waals surface area contributed by atoms with E-state index in [1.807, 2.05) is 6.92 Å². The van der Waals surface area contributed by atoms with Crippen LogP contribution in [0.3, 0.4) is 0 Å². The second kappa shape index (κ2) is 17.5. The van der Waals surface area contributed by atoms with Crippen molar-refractivity contribution in [3.63, 3.8) is 0 Å². The Morgan fingerprint density at radius 1 is 0.750 bits per heavy atom. The maximum absolute atomic E-state index is 10.9. The van der Waals surface area contributed by atoms with Crippen LogP contribution < -0.4 is 0 Å². The van der Waals surface area contributed by atoms with Crippen LogP contribution in [0.2, 0.25) is 0 Å². The third-order valence-electron chi connectivity index (χ3n) is 3.68. The Morgan fingerprint density at radius 2 is 1.17 bits per heavy atom. The second-order valence-corrected chi connectivity index (χ2v) is 5.73. The van der Waals surface area contributed by atoms with E-state index in [9.17, 15) is 4.79 Å². The second-order valence-electron chi connectivity index (χ2n) is 5.73. The minimum atomic E-state index is -0.676. The fraction of sp³-hybridized carbons (Fsp3) is 0.500. The minimum absolute atomic E-state index is 0.202. The Balaban J connectivity index is 3.61. The summed E-state index contributed by atoms with van der Waals surface area (Å²) >= 11 is 0. The van der Waals surface area contributed by atoms with Crippen molar-refractivity contribution in [3.05, 3.63) is 60.8 Å². The fourth-order valence-corrected chi connectivity index (χ4v) is 2.17. The number of hydrogen-bond donors (Lipinski definition) is 1. The van der Waals surface area contributed by atoms with Crippen molar-refractivity contribution in [1.82, 2.24) is 0 Å². The molecule has 0 saturated heterocycles. The van der Waals surface area contributed by atoms with E-state index in [0.717, 1.165) is 44.9 Å². The lowest BCUT2D eigenvalue weighted by Crippen LogP contribution is -2.11. The van der Waals surface area contributed by atoms with Crippen LogP contribution in [0.4, 0.5) is 0 Å². The molecule has 0 amide bonds. The van der Waals surface area contributed by atoms with Gasteiger partial charge in [0.25, 0.3) is 0 Å². The highest BCUT2D eigenvalue weighted by atomic mass is 16.4. The average molecular weight is 331 g/mol. The van der Waals surface area contributed by atoms with E-state index in [1.54, 1.807) is 0 Å². The first-order chi connectivity index (χ1) is 11.7. The van der Waals surface area contributed by atoms with Gasteiger partial charge in [0.2, 0.25) is 0 Å². The van der Waals surface area contributed by atoms with E-state index >= 15 is 0 Å². The molecule has 0 rings (SSSR count). The molecule has 0 unspecified atom stereocenters. The summed E-state index contributed by atoms with van der Waals surface area (Å²) in [4.78, 5) is 10.9. The third kappa shape index (κ3) is 15.1. The summed E-state index contributed by atoms with van der Waals surface area (Å²) in [6, 6.07) is 0. The van der Waals surface area contributed by atoms with Gasteiger partial charge >= 0.3 is 5.97 Å². The number of carboxylic acid groups (broad SMARTS) is 1. The van der Waals surface area contributed by atoms with Crippen LogP contribution in [-0.2, 0) is 4.79 Å². The molecule has 0 aliphatic rings. The molecule has 1 N–H and O–H groups in total. The Kier molecular flexibility index (Phi) is 16.2. The number of allylic oxidation sites excluding steroid dienone is 10. The van der Waals surface area contributed by atoms with E-state index in [4.69, 9.17) is 5.11 Å². The number of carboxylic acids is 1. The standard InChI is InChI=1S/C22H34O2/c1-3-5-6-7-8-9-10-11-12-13-14-15-16-17-18-19-20-21(4-2)22(23)24/h5-6,8-9,11-12,14-15,17-18,21H,3-4,7,10,13,16,19-20H2,1-2H3,(H,23,24)/b6-5-,9-8-,12-11-,15-14-,18-17-/t21-/m0/s1. The lowest BCUT2D eigenvalue weighted by atomic mass is 10.0. The zero-order valence-corrected chi connectivity index (χ0v) is 15.4. The monoisotopic (exact) mass is 330 g/mol. The van der Waals surface area contributed by atoms with Crippen LogP contribution in [0, 0.1) is 5.92 Å². The first-order valence-corrected chi connectivity index (χ1v) is 9.20. The molecule has 0 bridgehead atoms. The molecule has 0 fully saturated rings. The molecule has 0 aliphatic carbocycles. The number of carbonyl (C=O) groups is 1. The van der Waals surface area contributed by atoms with Gasteiger partial charge in [0.05, 0.1) is 5.92 Å². The molecule has 0 spiro atoms. The van der Waals surface area contributed by atoms with Crippen LogP contribution in [0.15, 0.2) is 60.8 Å². The Morgan fingerprint density at radius 3 is 1.54 bits per heavy atom. The lowest BCUT2D eigenvalue weighted by molar-refractivity contribution is -0.142. The van der Waals surface area contributed by atoms with Crippen molar-refractivity contribution in [2.75, 3.05) is 0 Å². The van der Waals surface area contributed by atoms with Crippen molar-refractivity contribution in [2.45, 2.75) is 65.2 Å². The first-order valence-electron chi connectivity index (χ1n) is 9.20. The number of hydrogen-bond acceptors (Lipinski definition) is 1. The molecule has 0 radical (unpaired) electrons.